The number of nitrogens with zero attached hydrogens (tertiary/aromatic N) is 4. The molecule has 18 heavy (non-hydrogen) atoms. The minimum absolute atomic E-state index is 0.0939. The van der Waals surface area contributed by atoms with Crippen LogP contribution in [0.25, 0.3) is 11.2 Å². The molecule has 0 saturated carbocycles. The fraction of sp³-hybridized carbons (Fsp3) is 0.300. The van der Waals surface area contributed by atoms with E-state index in [1.165, 1.54) is 17.2 Å². The SMILES string of the molecule is Nc1ncnc2c1ncn2[C@@H]1O/C(=C/F)C[C@H]1O. The zero-order valence-electron chi connectivity index (χ0n) is 9.19. The summed E-state index contributed by atoms with van der Waals surface area (Å²) in [6.07, 6.45) is 1.56. The van der Waals surface area contributed by atoms with Crippen LogP contribution in [0.15, 0.2) is 24.7 Å². The summed E-state index contributed by atoms with van der Waals surface area (Å²) in [5.74, 6) is 0.337. The van der Waals surface area contributed by atoms with Crippen LogP contribution in [0.3, 0.4) is 0 Å². The lowest BCUT2D eigenvalue weighted by atomic mass is 10.2. The molecule has 2 aromatic heterocycles. The van der Waals surface area contributed by atoms with Crippen molar-refractivity contribution in [1.29, 1.82) is 0 Å². The first-order valence-electron chi connectivity index (χ1n) is 5.27. The molecule has 3 rings (SSSR count). The highest BCUT2D eigenvalue weighted by Crippen LogP contribution is 2.33. The molecule has 0 bridgehead atoms. The van der Waals surface area contributed by atoms with Gasteiger partial charge in [-0.25, -0.2) is 19.3 Å². The summed E-state index contributed by atoms with van der Waals surface area (Å²) < 4.78 is 19.2. The van der Waals surface area contributed by atoms with Crippen molar-refractivity contribution in [3.63, 3.8) is 0 Å². The van der Waals surface area contributed by atoms with E-state index in [9.17, 15) is 9.50 Å². The van der Waals surface area contributed by atoms with E-state index >= 15 is 0 Å². The van der Waals surface area contributed by atoms with E-state index in [1.54, 1.807) is 0 Å². The van der Waals surface area contributed by atoms with E-state index in [0.717, 1.165) is 0 Å². The molecule has 1 saturated heterocycles. The van der Waals surface area contributed by atoms with Crippen LogP contribution in [-0.4, -0.2) is 30.7 Å². The standard InChI is InChI=1S/C10H10FN5O2/c11-2-5-1-6(17)10(18-5)16-4-15-7-8(12)13-3-14-9(7)16/h2-4,6,10,17H,1H2,(H2,12,13,14)/b5-2+/t6-,10-/m1/s1. The number of halogens is 1. The van der Waals surface area contributed by atoms with Crippen molar-refractivity contribution >= 4 is 17.0 Å². The predicted octanol–water partition coefficient (Wildman–Crippen LogP) is 0.499. The first-order valence-corrected chi connectivity index (χ1v) is 5.27. The van der Waals surface area contributed by atoms with Gasteiger partial charge in [-0.3, -0.25) is 4.57 Å². The van der Waals surface area contributed by atoms with E-state index in [0.29, 0.717) is 17.5 Å². The summed E-state index contributed by atoms with van der Waals surface area (Å²) in [5.41, 5.74) is 6.51. The molecule has 3 heterocycles. The summed E-state index contributed by atoms with van der Waals surface area (Å²) in [7, 11) is 0. The largest absolute Gasteiger partial charge is 0.469 e. The van der Waals surface area contributed by atoms with Gasteiger partial charge in [0.2, 0.25) is 6.23 Å². The van der Waals surface area contributed by atoms with Gasteiger partial charge in [-0.1, -0.05) is 0 Å². The number of ether oxygens (including phenoxy) is 1. The Bertz CT molecular complexity index is 626. The van der Waals surface area contributed by atoms with Crippen molar-refractivity contribution in [1.82, 2.24) is 19.5 Å². The molecular weight excluding hydrogens is 241 g/mol. The highest BCUT2D eigenvalue weighted by molar-refractivity contribution is 5.81. The number of nitrogens with two attached hydrogens (primary N) is 1. The van der Waals surface area contributed by atoms with Crippen LogP contribution in [0.4, 0.5) is 10.2 Å². The van der Waals surface area contributed by atoms with Gasteiger partial charge >= 0.3 is 0 Å². The molecule has 0 radical (unpaired) electrons. The molecule has 8 heteroatoms. The van der Waals surface area contributed by atoms with Gasteiger partial charge in [0.1, 0.15) is 36.4 Å². The first-order chi connectivity index (χ1) is 8.70. The van der Waals surface area contributed by atoms with E-state index < -0.39 is 12.3 Å². The number of aliphatic hydroxyl groups excluding tert-OH is 1. The monoisotopic (exact) mass is 251 g/mol. The summed E-state index contributed by atoms with van der Waals surface area (Å²) in [6.45, 7) is 0. The van der Waals surface area contributed by atoms with Gasteiger partial charge in [-0.05, 0) is 0 Å². The number of nitrogen functional groups attached to an aromatic ring is 1. The van der Waals surface area contributed by atoms with E-state index in [2.05, 4.69) is 15.0 Å². The normalized spacial score (nSPS) is 25.8. The Morgan fingerprint density at radius 2 is 2.33 bits per heavy atom. The van der Waals surface area contributed by atoms with Crippen LogP contribution in [0.2, 0.25) is 0 Å². The molecule has 7 nitrogen and oxygen atoms in total. The van der Waals surface area contributed by atoms with Gasteiger partial charge in [-0.2, -0.15) is 0 Å². The molecule has 0 aliphatic carbocycles. The number of hydrogen-bond acceptors (Lipinski definition) is 6. The number of imidazole rings is 1. The second kappa shape index (κ2) is 3.91. The lowest BCUT2D eigenvalue weighted by Gasteiger charge is -2.15. The highest BCUT2D eigenvalue weighted by Gasteiger charge is 2.33. The smallest absolute Gasteiger partial charge is 0.204 e. The summed E-state index contributed by atoms with van der Waals surface area (Å²) in [4.78, 5) is 11.9. The zero-order valence-corrected chi connectivity index (χ0v) is 9.19. The quantitative estimate of drug-likeness (QED) is 0.765. The molecule has 0 amide bonds. The molecule has 0 aromatic carbocycles. The lowest BCUT2D eigenvalue weighted by molar-refractivity contribution is 0.0103. The van der Waals surface area contributed by atoms with Gasteiger partial charge in [-0.15, -0.1) is 0 Å². The maximum absolute atomic E-state index is 12.4. The van der Waals surface area contributed by atoms with Crippen LogP contribution >= 0.6 is 0 Å². The Labute approximate surface area is 101 Å². The topological polar surface area (TPSA) is 99.1 Å². The Balaban J connectivity index is 2.08. The molecule has 1 fully saturated rings. The third-order valence-corrected chi connectivity index (χ3v) is 2.79. The molecule has 1 aliphatic rings. The Morgan fingerprint density at radius 1 is 1.50 bits per heavy atom. The predicted molar refractivity (Wildman–Crippen MR) is 59.7 cm³/mol. The minimum Gasteiger partial charge on any atom is -0.469 e. The summed E-state index contributed by atoms with van der Waals surface area (Å²) >= 11 is 0. The van der Waals surface area contributed by atoms with Gasteiger partial charge in [0.15, 0.2) is 11.5 Å². The number of aliphatic hydroxyl groups is 1. The van der Waals surface area contributed by atoms with E-state index in [-0.39, 0.29) is 18.0 Å². The van der Waals surface area contributed by atoms with Crippen molar-refractivity contribution in [2.24, 2.45) is 0 Å². The van der Waals surface area contributed by atoms with Crippen molar-refractivity contribution in [2.75, 3.05) is 5.73 Å². The molecule has 94 valence electrons. The average Bonchev–Trinajstić information content (AvgIpc) is 2.93. The Hall–Kier alpha value is -2.22. The average molecular weight is 251 g/mol. The van der Waals surface area contributed by atoms with Crippen LogP contribution in [0.5, 0.6) is 0 Å². The van der Waals surface area contributed by atoms with Crippen LogP contribution in [0, 0.1) is 0 Å². The highest BCUT2D eigenvalue weighted by atomic mass is 19.1. The molecule has 2 atom stereocenters. The number of aromatic nitrogens is 4. The van der Waals surface area contributed by atoms with Crippen LogP contribution < -0.4 is 5.73 Å². The van der Waals surface area contributed by atoms with Crippen molar-refractivity contribution in [2.45, 2.75) is 18.8 Å². The Kier molecular flexibility index (Phi) is 2.37. The van der Waals surface area contributed by atoms with Gasteiger partial charge in [0, 0.05) is 6.42 Å². The van der Waals surface area contributed by atoms with Crippen molar-refractivity contribution in [3.05, 3.63) is 24.7 Å². The van der Waals surface area contributed by atoms with E-state index in [4.69, 9.17) is 10.5 Å². The third-order valence-electron chi connectivity index (χ3n) is 2.79. The van der Waals surface area contributed by atoms with Gasteiger partial charge < -0.3 is 15.6 Å². The zero-order chi connectivity index (χ0) is 12.7. The van der Waals surface area contributed by atoms with Crippen LogP contribution in [0.1, 0.15) is 12.6 Å². The molecule has 2 aromatic rings. The number of hydrogen-bond donors (Lipinski definition) is 2. The maximum atomic E-state index is 12.4. The minimum atomic E-state index is -0.861. The second-order valence-corrected chi connectivity index (χ2v) is 3.94. The molecule has 0 unspecified atom stereocenters. The Morgan fingerprint density at radius 3 is 3.06 bits per heavy atom. The van der Waals surface area contributed by atoms with E-state index in [1.807, 2.05) is 0 Å². The molecule has 1 aliphatic heterocycles. The van der Waals surface area contributed by atoms with Crippen LogP contribution in [-0.2, 0) is 4.74 Å². The molecule has 0 spiro atoms. The van der Waals surface area contributed by atoms with Gasteiger partial charge in [0.05, 0.1) is 0 Å². The van der Waals surface area contributed by atoms with Crippen molar-refractivity contribution in [3.8, 4) is 0 Å². The van der Waals surface area contributed by atoms with Crippen molar-refractivity contribution < 1.29 is 14.2 Å². The number of anilines is 1. The second-order valence-electron chi connectivity index (χ2n) is 3.94. The number of rotatable bonds is 1. The molecule has 3 N–H and O–H groups in total. The fourth-order valence-corrected chi connectivity index (χ4v) is 1.96. The fourth-order valence-electron chi connectivity index (χ4n) is 1.96. The first kappa shape index (κ1) is 10.9. The lowest BCUT2D eigenvalue weighted by Crippen LogP contribution is -2.19. The number of fused-ring (bicyclic) bond motifs is 1. The molecular formula is C10H10FN5O2. The third kappa shape index (κ3) is 1.50. The van der Waals surface area contributed by atoms with Gasteiger partial charge in [0.25, 0.3) is 0 Å². The summed E-state index contributed by atoms with van der Waals surface area (Å²) in [6, 6.07) is 0. The maximum Gasteiger partial charge on any atom is 0.204 e. The summed E-state index contributed by atoms with van der Waals surface area (Å²) in [5, 5.41) is 9.84.